The van der Waals surface area contributed by atoms with Gasteiger partial charge in [0.1, 0.15) is 6.04 Å². The Morgan fingerprint density at radius 1 is 0.903 bits per heavy atom. The zero-order valence-corrected chi connectivity index (χ0v) is 18.2. The van der Waals surface area contributed by atoms with Gasteiger partial charge in [-0.25, -0.2) is 4.79 Å². The first kappa shape index (κ1) is 20.3. The summed E-state index contributed by atoms with van der Waals surface area (Å²) in [5.74, 6) is -0.669. The van der Waals surface area contributed by atoms with Crippen LogP contribution < -0.4 is 15.9 Å². The van der Waals surface area contributed by atoms with E-state index in [-0.39, 0.29) is 18.0 Å². The number of imidazole rings is 1. The maximum atomic E-state index is 13.0. The summed E-state index contributed by atoms with van der Waals surface area (Å²) in [6.07, 6.45) is 7.38. The molecule has 3 heterocycles. The molecule has 31 heavy (non-hydrogen) atoms. The van der Waals surface area contributed by atoms with Crippen molar-refractivity contribution in [3.05, 3.63) is 28.7 Å². The van der Waals surface area contributed by atoms with Crippen molar-refractivity contribution in [1.82, 2.24) is 19.4 Å². The standard InChI is InChI=1S/C23H31N5O3/c1-25-20-15-17(27-13-11-26(12-14-27)16-5-3-2-4-6-16)7-8-18(20)28(23(25)31)19-9-10-21(29)24-22(19)30/h7-8,15-16,19H,2-6,9-14H2,1H3,(H,24,29,30). The van der Waals surface area contributed by atoms with Crippen molar-refractivity contribution in [3.63, 3.8) is 0 Å². The van der Waals surface area contributed by atoms with E-state index in [0.717, 1.165) is 48.9 Å². The molecular formula is C23H31N5O3. The van der Waals surface area contributed by atoms with Crippen LogP contribution in [0, 0.1) is 0 Å². The summed E-state index contributed by atoms with van der Waals surface area (Å²) in [5.41, 5.74) is 2.46. The Balaban J connectivity index is 1.37. The number of aromatic nitrogens is 2. The van der Waals surface area contributed by atoms with Gasteiger partial charge in [-0.3, -0.25) is 28.9 Å². The average Bonchev–Trinajstić information content (AvgIpc) is 3.04. The highest BCUT2D eigenvalue weighted by atomic mass is 16.2. The second-order valence-corrected chi connectivity index (χ2v) is 9.17. The summed E-state index contributed by atoms with van der Waals surface area (Å²) in [6, 6.07) is 6.18. The average molecular weight is 426 g/mol. The van der Waals surface area contributed by atoms with Gasteiger partial charge in [-0.15, -0.1) is 0 Å². The number of hydrogen-bond acceptors (Lipinski definition) is 5. The van der Waals surface area contributed by atoms with E-state index in [0.29, 0.717) is 6.42 Å². The molecule has 1 saturated carbocycles. The molecule has 0 spiro atoms. The molecule has 1 aliphatic carbocycles. The minimum atomic E-state index is -0.640. The number of benzene rings is 1. The molecule has 0 bridgehead atoms. The van der Waals surface area contributed by atoms with Gasteiger partial charge >= 0.3 is 5.69 Å². The van der Waals surface area contributed by atoms with Gasteiger partial charge in [0.2, 0.25) is 11.8 Å². The Kier molecular flexibility index (Phi) is 5.33. The molecule has 1 aromatic heterocycles. The summed E-state index contributed by atoms with van der Waals surface area (Å²) < 4.78 is 3.16. The third-order valence-corrected chi connectivity index (χ3v) is 7.37. The summed E-state index contributed by atoms with van der Waals surface area (Å²) in [4.78, 5) is 41.9. The fraction of sp³-hybridized carbons (Fsp3) is 0.609. The maximum absolute atomic E-state index is 13.0. The van der Waals surface area contributed by atoms with Crippen LogP contribution in [0.5, 0.6) is 0 Å². The molecule has 1 N–H and O–H groups in total. The lowest BCUT2D eigenvalue weighted by Gasteiger charge is -2.41. The monoisotopic (exact) mass is 425 g/mol. The van der Waals surface area contributed by atoms with E-state index in [2.05, 4.69) is 27.2 Å². The first-order chi connectivity index (χ1) is 15.0. The van der Waals surface area contributed by atoms with E-state index >= 15 is 0 Å². The summed E-state index contributed by atoms with van der Waals surface area (Å²) in [5, 5.41) is 2.36. The molecule has 3 fully saturated rings. The number of aryl methyl sites for hydroxylation is 1. The largest absolute Gasteiger partial charge is 0.369 e. The molecular weight excluding hydrogens is 394 g/mol. The van der Waals surface area contributed by atoms with Crippen molar-refractivity contribution < 1.29 is 9.59 Å². The molecule has 2 amide bonds. The highest BCUT2D eigenvalue weighted by molar-refractivity contribution is 6.00. The van der Waals surface area contributed by atoms with Crippen molar-refractivity contribution in [3.8, 4) is 0 Å². The number of nitrogens with zero attached hydrogens (tertiary/aromatic N) is 4. The van der Waals surface area contributed by atoms with Gasteiger partial charge in [0.05, 0.1) is 11.0 Å². The van der Waals surface area contributed by atoms with Gasteiger partial charge in [-0.1, -0.05) is 19.3 Å². The van der Waals surface area contributed by atoms with Gasteiger partial charge < -0.3 is 4.90 Å². The van der Waals surface area contributed by atoms with Crippen LogP contribution in [-0.4, -0.2) is 58.1 Å². The number of carbonyl (C=O) groups is 2. The lowest BCUT2D eigenvalue weighted by Crippen LogP contribution is -2.50. The van der Waals surface area contributed by atoms with Gasteiger partial charge in [0.15, 0.2) is 0 Å². The quantitative estimate of drug-likeness (QED) is 0.759. The van der Waals surface area contributed by atoms with Crippen molar-refractivity contribution in [1.29, 1.82) is 0 Å². The van der Waals surface area contributed by atoms with Crippen LogP contribution in [-0.2, 0) is 16.6 Å². The number of hydrogen-bond donors (Lipinski definition) is 1. The van der Waals surface area contributed by atoms with E-state index in [1.807, 2.05) is 6.07 Å². The molecule has 1 atom stereocenters. The second-order valence-electron chi connectivity index (χ2n) is 9.17. The Morgan fingerprint density at radius 3 is 2.35 bits per heavy atom. The van der Waals surface area contributed by atoms with Gasteiger partial charge in [-0.2, -0.15) is 0 Å². The predicted molar refractivity (Wildman–Crippen MR) is 119 cm³/mol. The van der Waals surface area contributed by atoms with E-state index in [4.69, 9.17) is 0 Å². The lowest BCUT2D eigenvalue weighted by molar-refractivity contribution is -0.135. The highest BCUT2D eigenvalue weighted by Gasteiger charge is 2.31. The Bertz CT molecular complexity index is 1060. The molecule has 8 heteroatoms. The molecule has 8 nitrogen and oxygen atoms in total. The fourth-order valence-electron chi connectivity index (χ4n) is 5.57. The number of fused-ring (bicyclic) bond motifs is 1. The molecule has 5 rings (SSSR count). The van der Waals surface area contributed by atoms with Crippen LogP contribution in [0.3, 0.4) is 0 Å². The zero-order valence-electron chi connectivity index (χ0n) is 18.2. The van der Waals surface area contributed by atoms with Crippen molar-refractivity contribution >= 4 is 28.5 Å². The molecule has 1 unspecified atom stereocenters. The van der Waals surface area contributed by atoms with Crippen molar-refractivity contribution in [2.75, 3.05) is 31.1 Å². The van der Waals surface area contributed by atoms with Crippen LogP contribution in [0.25, 0.3) is 11.0 Å². The van der Waals surface area contributed by atoms with Crippen molar-refractivity contribution in [2.24, 2.45) is 7.05 Å². The van der Waals surface area contributed by atoms with Gasteiger partial charge in [0.25, 0.3) is 0 Å². The minimum absolute atomic E-state index is 0.219. The first-order valence-corrected chi connectivity index (χ1v) is 11.6. The SMILES string of the molecule is Cn1c(=O)n(C2CCC(=O)NC2=O)c2ccc(N3CCN(C4CCCCC4)CC3)cc21. The molecule has 2 aromatic rings. The Labute approximate surface area is 181 Å². The van der Waals surface area contributed by atoms with Crippen LogP contribution in [0.2, 0.25) is 0 Å². The van der Waals surface area contributed by atoms with Crippen molar-refractivity contribution in [2.45, 2.75) is 57.0 Å². The Morgan fingerprint density at radius 2 is 1.65 bits per heavy atom. The number of carbonyl (C=O) groups excluding carboxylic acids is 2. The smallest absolute Gasteiger partial charge is 0.329 e. The predicted octanol–water partition coefficient (Wildman–Crippen LogP) is 1.77. The van der Waals surface area contributed by atoms with Crippen LogP contribution >= 0.6 is 0 Å². The number of amides is 2. The number of imide groups is 1. The van der Waals surface area contributed by atoms with E-state index < -0.39 is 11.9 Å². The molecule has 2 aliphatic heterocycles. The molecule has 1 aromatic carbocycles. The van der Waals surface area contributed by atoms with Crippen LogP contribution in [0.4, 0.5) is 5.69 Å². The maximum Gasteiger partial charge on any atom is 0.329 e. The molecule has 166 valence electrons. The number of nitrogens with one attached hydrogen (secondary N) is 1. The second kappa shape index (κ2) is 8.15. The van der Waals surface area contributed by atoms with E-state index in [1.54, 1.807) is 16.2 Å². The van der Waals surface area contributed by atoms with Gasteiger partial charge in [-0.05, 0) is 37.5 Å². The lowest BCUT2D eigenvalue weighted by atomic mass is 9.94. The highest BCUT2D eigenvalue weighted by Crippen LogP contribution is 2.28. The fourth-order valence-corrected chi connectivity index (χ4v) is 5.57. The number of piperazine rings is 1. The molecule has 0 radical (unpaired) electrons. The third kappa shape index (κ3) is 3.67. The summed E-state index contributed by atoms with van der Waals surface area (Å²) in [6.45, 7) is 4.14. The molecule has 3 aliphatic rings. The summed E-state index contributed by atoms with van der Waals surface area (Å²) in [7, 11) is 1.75. The first-order valence-electron chi connectivity index (χ1n) is 11.6. The molecule has 2 saturated heterocycles. The van der Waals surface area contributed by atoms with E-state index in [1.165, 1.54) is 32.1 Å². The number of piperidine rings is 1. The van der Waals surface area contributed by atoms with E-state index in [9.17, 15) is 14.4 Å². The number of rotatable bonds is 3. The van der Waals surface area contributed by atoms with Crippen LogP contribution in [0.15, 0.2) is 23.0 Å². The van der Waals surface area contributed by atoms with Gasteiger partial charge in [0, 0.05) is 51.4 Å². The minimum Gasteiger partial charge on any atom is -0.369 e. The topological polar surface area (TPSA) is 79.6 Å². The third-order valence-electron chi connectivity index (χ3n) is 7.37. The summed E-state index contributed by atoms with van der Waals surface area (Å²) >= 11 is 0. The zero-order chi connectivity index (χ0) is 21.5. The normalized spacial score (nSPS) is 24.0. The number of anilines is 1. The van der Waals surface area contributed by atoms with Crippen LogP contribution in [0.1, 0.15) is 51.0 Å². The Hall–Kier alpha value is -2.61.